The number of aromatic amines is 1. The molecule has 1 aromatic heterocycles. The fraction of sp³-hybridized carbons (Fsp3) is 0.667. The molecule has 1 aliphatic rings. The van der Waals surface area contributed by atoms with Crippen LogP contribution in [-0.2, 0) is 4.74 Å². The molecule has 1 aliphatic heterocycles. The van der Waals surface area contributed by atoms with Crippen molar-refractivity contribution in [1.82, 2.24) is 14.9 Å². The second-order valence-electron chi connectivity index (χ2n) is 2.56. The van der Waals surface area contributed by atoms with Gasteiger partial charge in [-0.05, 0) is 4.85 Å². The van der Waals surface area contributed by atoms with E-state index in [1.165, 1.54) is 6.33 Å². The molecule has 0 aliphatic carbocycles. The van der Waals surface area contributed by atoms with Crippen LogP contribution in [0.15, 0.2) is 11.1 Å². The van der Waals surface area contributed by atoms with Crippen LogP contribution in [0.1, 0.15) is 6.42 Å². The maximum absolute atomic E-state index is 10.9. The molecule has 1 atom stereocenters. The van der Waals surface area contributed by atoms with Crippen molar-refractivity contribution >= 4 is 0 Å². The SMILES string of the molecule is O=c1[nH]cnn1OC1CCOC1. The summed E-state index contributed by atoms with van der Waals surface area (Å²) in [7, 11) is 0. The Bertz CT molecular complexity index is 299. The van der Waals surface area contributed by atoms with Gasteiger partial charge in [-0.15, -0.1) is 5.10 Å². The van der Waals surface area contributed by atoms with Crippen molar-refractivity contribution in [2.24, 2.45) is 0 Å². The van der Waals surface area contributed by atoms with E-state index in [0.29, 0.717) is 13.2 Å². The van der Waals surface area contributed by atoms with E-state index in [-0.39, 0.29) is 11.8 Å². The molecule has 1 fully saturated rings. The molecule has 0 spiro atoms. The Morgan fingerprint density at radius 3 is 3.33 bits per heavy atom. The van der Waals surface area contributed by atoms with Crippen molar-refractivity contribution in [3.05, 3.63) is 16.8 Å². The molecule has 6 heteroatoms. The number of hydrogen-bond acceptors (Lipinski definition) is 4. The van der Waals surface area contributed by atoms with E-state index in [2.05, 4.69) is 10.1 Å². The van der Waals surface area contributed by atoms with Gasteiger partial charge in [-0.3, -0.25) is 4.98 Å². The summed E-state index contributed by atoms with van der Waals surface area (Å²) < 4.78 is 5.07. The van der Waals surface area contributed by atoms with Crippen molar-refractivity contribution in [3.8, 4) is 0 Å². The maximum Gasteiger partial charge on any atom is 0.377 e. The van der Waals surface area contributed by atoms with Crippen LogP contribution in [0.5, 0.6) is 0 Å². The third-order valence-electron chi connectivity index (χ3n) is 1.66. The van der Waals surface area contributed by atoms with Gasteiger partial charge in [0.15, 0.2) is 6.10 Å². The lowest BCUT2D eigenvalue weighted by molar-refractivity contribution is 0.00385. The molecule has 1 aromatic rings. The highest BCUT2D eigenvalue weighted by atomic mass is 16.7. The predicted octanol–water partition coefficient (Wildman–Crippen LogP) is -1.21. The number of H-pyrrole nitrogens is 1. The normalized spacial score (nSPS) is 22.8. The molecule has 66 valence electrons. The average Bonchev–Trinajstić information content (AvgIpc) is 2.65. The van der Waals surface area contributed by atoms with Crippen LogP contribution < -0.4 is 10.5 Å². The molecule has 2 heterocycles. The average molecular weight is 171 g/mol. The highest BCUT2D eigenvalue weighted by Gasteiger charge is 2.18. The zero-order valence-electron chi connectivity index (χ0n) is 6.40. The minimum Gasteiger partial charge on any atom is -0.386 e. The largest absolute Gasteiger partial charge is 0.386 e. The summed E-state index contributed by atoms with van der Waals surface area (Å²) in [6.45, 7) is 1.21. The molecule has 1 unspecified atom stereocenters. The lowest BCUT2D eigenvalue weighted by atomic mass is 10.3. The molecule has 1 saturated heterocycles. The van der Waals surface area contributed by atoms with E-state index in [1.54, 1.807) is 0 Å². The van der Waals surface area contributed by atoms with E-state index in [4.69, 9.17) is 9.57 Å². The molecule has 0 amide bonds. The lowest BCUT2D eigenvalue weighted by Crippen LogP contribution is -2.33. The second-order valence-corrected chi connectivity index (χ2v) is 2.56. The molecule has 0 radical (unpaired) electrons. The quantitative estimate of drug-likeness (QED) is 0.606. The second kappa shape index (κ2) is 2.98. The number of nitrogens with one attached hydrogen (secondary N) is 1. The van der Waals surface area contributed by atoms with Gasteiger partial charge in [-0.2, -0.15) is 0 Å². The molecule has 0 aromatic carbocycles. The van der Waals surface area contributed by atoms with Crippen LogP contribution in [0.3, 0.4) is 0 Å². The molecule has 2 rings (SSSR count). The van der Waals surface area contributed by atoms with Gasteiger partial charge in [-0.25, -0.2) is 4.79 Å². The van der Waals surface area contributed by atoms with E-state index < -0.39 is 0 Å². The summed E-state index contributed by atoms with van der Waals surface area (Å²) in [6.07, 6.45) is 2.04. The molecular weight excluding hydrogens is 162 g/mol. The van der Waals surface area contributed by atoms with Gasteiger partial charge in [0.1, 0.15) is 6.33 Å². The highest BCUT2D eigenvalue weighted by Crippen LogP contribution is 2.03. The molecule has 6 nitrogen and oxygen atoms in total. The van der Waals surface area contributed by atoms with E-state index in [1.807, 2.05) is 0 Å². The third-order valence-corrected chi connectivity index (χ3v) is 1.66. The van der Waals surface area contributed by atoms with Crippen molar-refractivity contribution in [2.45, 2.75) is 12.5 Å². The third kappa shape index (κ3) is 1.33. The minimum absolute atomic E-state index is 0.0500. The van der Waals surface area contributed by atoms with E-state index >= 15 is 0 Å². The van der Waals surface area contributed by atoms with Gasteiger partial charge in [0, 0.05) is 6.42 Å². The van der Waals surface area contributed by atoms with Gasteiger partial charge < -0.3 is 9.57 Å². The summed E-state index contributed by atoms with van der Waals surface area (Å²) in [5.41, 5.74) is -0.359. The fourth-order valence-corrected chi connectivity index (χ4v) is 1.06. The molecular formula is C6H9N3O3. The number of nitrogens with zero attached hydrogens (tertiary/aromatic N) is 2. The molecule has 12 heavy (non-hydrogen) atoms. The first-order valence-corrected chi connectivity index (χ1v) is 3.74. The maximum atomic E-state index is 10.9. The summed E-state index contributed by atoms with van der Waals surface area (Å²) in [4.78, 5) is 19.4. The van der Waals surface area contributed by atoms with E-state index in [9.17, 15) is 4.79 Å². The van der Waals surface area contributed by atoms with Crippen molar-refractivity contribution in [1.29, 1.82) is 0 Å². The number of aromatic nitrogens is 3. The summed E-state index contributed by atoms with van der Waals surface area (Å²) >= 11 is 0. The zero-order chi connectivity index (χ0) is 8.39. The standard InChI is InChI=1S/C6H9N3O3/c10-6-7-4-8-9(6)12-5-1-2-11-3-5/h4-5H,1-3H2,(H,7,8,10). The monoisotopic (exact) mass is 171 g/mol. The highest BCUT2D eigenvalue weighted by molar-refractivity contribution is 4.64. The Kier molecular flexibility index (Phi) is 1.83. The van der Waals surface area contributed by atoms with Crippen LogP contribution in [0, 0.1) is 0 Å². The lowest BCUT2D eigenvalue weighted by Gasteiger charge is -2.07. The topological polar surface area (TPSA) is 69.1 Å². The summed E-state index contributed by atoms with van der Waals surface area (Å²) in [6, 6.07) is 0. The van der Waals surface area contributed by atoms with E-state index in [0.717, 1.165) is 11.3 Å². The van der Waals surface area contributed by atoms with Crippen LogP contribution in [-0.4, -0.2) is 34.2 Å². The molecule has 0 bridgehead atoms. The summed E-state index contributed by atoms with van der Waals surface area (Å²) in [5.74, 6) is 0. The Balaban J connectivity index is 2.03. The zero-order valence-corrected chi connectivity index (χ0v) is 6.40. The molecule has 1 N–H and O–H groups in total. The fourth-order valence-electron chi connectivity index (χ4n) is 1.06. The van der Waals surface area contributed by atoms with Crippen molar-refractivity contribution < 1.29 is 9.57 Å². The smallest absolute Gasteiger partial charge is 0.377 e. The Hall–Kier alpha value is -1.30. The van der Waals surface area contributed by atoms with Gasteiger partial charge in [0.2, 0.25) is 0 Å². The molecule has 0 saturated carbocycles. The van der Waals surface area contributed by atoms with Crippen LogP contribution in [0.4, 0.5) is 0 Å². The first kappa shape index (κ1) is 7.35. The Morgan fingerprint density at radius 2 is 2.75 bits per heavy atom. The van der Waals surface area contributed by atoms with Crippen molar-refractivity contribution in [3.63, 3.8) is 0 Å². The predicted molar refractivity (Wildman–Crippen MR) is 38.7 cm³/mol. The number of hydrogen-bond donors (Lipinski definition) is 1. The Morgan fingerprint density at radius 1 is 1.83 bits per heavy atom. The van der Waals surface area contributed by atoms with Crippen LogP contribution >= 0.6 is 0 Å². The number of ether oxygens (including phenoxy) is 1. The van der Waals surface area contributed by atoms with Gasteiger partial charge in [0.25, 0.3) is 0 Å². The van der Waals surface area contributed by atoms with Crippen molar-refractivity contribution in [2.75, 3.05) is 13.2 Å². The number of rotatable bonds is 2. The van der Waals surface area contributed by atoms with Crippen LogP contribution in [0.25, 0.3) is 0 Å². The van der Waals surface area contributed by atoms with Gasteiger partial charge >= 0.3 is 5.69 Å². The first-order valence-electron chi connectivity index (χ1n) is 3.74. The minimum atomic E-state index is -0.359. The van der Waals surface area contributed by atoms with Gasteiger partial charge in [0.05, 0.1) is 13.2 Å². The Labute approximate surface area is 68.1 Å². The summed E-state index contributed by atoms with van der Waals surface area (Å²) in [5, 5.41) is 3.65. The first-order chi connectivity index (χ1) is 5.86. The van der Waals surface area contributed by atoms with Gasteiger partial charge in [-0.1, -0.05) is 0 Å². The van der Waals surface area contributed by atoms with Crippen LogP contribution in [0.2, 0.25) is 0 Å².